The van der Waals surface area contributed by atoms with Crippen LogP contribution in [0.1, 0.15) is 34.5 Å². The van der Waals surface area contributed by atoms with Gasteiger partial charge in [-0.2, -0.15) is 0 Å². The van der Waals surface area contributed by atoms with E-state index in [0.29, 0.717) is 17.2 Å². The standard InChI is InChI=1S/C23H27N3O4S/c1-30-23(29)17-4-6-18(7-5-17)26-21(27)13-20(22(26)28)24-14-16-8-10-25(11-9-16)15-19-3-2-12-31-19/h2-7,12,16,20,24H,8-11,13-15H2,1H3. The van der Waals surface area contributed by atoms with E-state index in [1.54, 1.807) is 35.6 Å². The lowest BCUT2D eigenvalue weighted by atomic mass is 9.96. The van der Waals surface area contributed by atoms with E-state index in [0.717, 1.165) is 39.0 Å². The van der Waals surface area contributed by atoms with E-state index in [-0.39, 0.29) is 18.2 Å². The van der Waals surface area contributed by atoms with E-state index in [1.807, 2.05) is 0 Å². The molecule has 0 spiro atoms. The maximum Gasteiger partial charge on any atom is 0.337 e. The van der Waals surface area contributed by atoms with Crippen molar-refractivity contribution < 1.29 is 19.1 Å². The highest BCUT2D eigenvalue weighted by molar-refractivity contribution is 7.09. The maximum atomic E-state index is 12.8. The summed E-state index contributed by atoms with van der Waals surface area (Å²) < 4.78 is 4.68. The van der Waals surface area contributed by atoms with Crippen LogP contribution in [-0.2, 0) is 20.9 Å². The monoisotopic (exact) mass is 441 g/mol. The van der Waals surface area contributed by atoms with Gasteiger partial charge in [0.15, 0.2) is 0 Å². The molecule has 1 N–H and O–H groups in total. The molecule has 2 aromatic rings. The number of carbonyl (C=O) groups excluding carboxylic acids is 3. The van der Waals surface area contributed by atoms with E-state index in [2.05, 4.69) is 32.5 Å². The summed E-state index contributed by atoms with van der Waals surface area (Å²) in [6.45, 7) is 3.86. The molecular weight excluding hydrogens is 414 g/mol. The molecule has 7 nitrogen and oxygen atoms in total. The summed E-state index contributed by atoms with van der Waals surface area (Å²) in [4.78, 5) is 42.0. The fraction of sp³-hybridized carbons (Fsp3) is 0.435. The first-order valence-electron chi connectivity index (χ1n) is 10.6. The molecule has 0 radical (unpaired) electrons. The molecule has 1 aromatic heterocycles. The Kier molecular flexibility index (Phi) is 6.80. The highest BCUT2D eigenvalue weighted by Crippen LogP contribution is 2.25. The van der Waals surface area contributed by atoms with E-state index in [1.165, 1.54) is 16.9 Å². The van der Waals surface area contributed by atoms with Crippen molar-refractivity contribution >= 4 is 34.8 Å². The summed E-state index contributed by atoms with van der Waals surface area (Å²) in [5.41, 5.74) is 0.860. The van der Waals surface area contributed by atoms with Crippen LogP contribution in [0.2, 0.25) is 0 Å². The van der Waals surface area contributed by atoms with Gasteiger partial charge in [0.25, 0.3) is 5.91 Å². The number of ether oxygens (including phenoxy) is 1. The quantitative estimate of drug-likeness (QED) is 0.526. The van der Waals surface area contributed by atoms with Crippen LogP contribution in [0.15, 0.2) is 41.8 Å². The van der Waals surface area contributed by atoms with Gasteiger partial charge < -0.3 is 10.1 Å². The van der Waals surface area contributed by atoms with Crippen molar-refractivity contribution in [2.45, 2.75) is 31.8 Å². The molecule has 2 amide bonds. The number of piperidine rings is 1. The summed E-state index contributed by atoms with van der Waals surface area (Å²) in [6, 6.07) is 10.1. The smallest absolute Gasteiger partial charge is 0.337 e. The number of rotatable bonds is 7. The number of anilines is 1. The molecule has 0 aliphatic carbocycles. The van der Waals surface area contributed by atoms with Crippen LogP contribution in [0.25, 0.3) is 0 Å². The Morgan fingerprint density at radius 2 is 1.90 bits per heavy atom. The first-order valence-corrected chi connectivity index (χ1v) is 11.5. The summed E-state index contributed by atoms with van der Waals surface area (Å²) >= 11 is 1.80. The van der Waals surface area contributed by atoms with Crippen molar-refractivity contribution in [3.8, 4) is 0 Å². The van der Waals surface area contributed by atoms with Crippen molar-refractivity contribution in [1.29, 1.82) is 0 Å². The first-order chi connectivity index (χ1) is 15.0. The zero-order valence-electron chi connectivity index (χ0n) is 17.6. The van der Waals surface area contributed by atoms with Crippen LogP contribution in [0, 0.1) is 5.92 Å². The SMILES string of the molecule is COC(=O)c1ccc(N2C(=O)CC(NCC3CCN(Cc4cccs4)CC3)C2=O)cc1. The molecular formula is C23H27N3O4S. The molecule has 2 aliphatic rings. The van der Waals surface area contributed by atoms with Crippen molar-refractivity contribution in [2.75, 3.05) is 31.6 Å². The topological polar surface area (TPSA) is 79.0 Å². The molecule has 1 aromatic carbocycles. The van der Waals surface area contributed by atoms with Gasteiger partial charge in [-0.05, 0) is 74.1 Å². The molecule has 3 heterocycles. The Morgan fingerprint density at radius 1 is 1.16 bits per heavy atom. The highest BCUT2D eigenvalue weighted by atomic mass is 32.1. The number of carbonyl (C=O) groups is 3. The number of likely N-dealkylation sites (tertiary alicyclic amines) is 1. The molecule has 164 valence electrons. The van der Waals surface area contributed by atoms with Crippen molar-refractivity contribution in [1.82, 2.24) is 10.2 Å². The van der Waals surface area contributed by atoms with Crippen molar-refractivity contribution in [2.24, 2.45) is 5.92 Å². The predicted molar refractivity (Wildman–Crippen MR) is 119 cm³/mol. The molecule has 4 rings (SSSR count). The lowest BCUT2D eigenvalue weighted by Gasteiger charge is -2.32. The average molecular weight is 442 g/mol. The maximum absolute atomic E-state index is 12.8. The second-order valence-corrected chi connectivity index (χ2v) is 9.10. The molecule has 1 unspecified atom stereocenters. The van der Waals surface area contributed by atoms with E-state index >= 15 is 0 Å². The second kappa shape index (κ2) is 9.72. The molecule has 1 atom stereocenters. The third-order valence-corrected chi connectivity index (χ3v) is 6.87. The number of hydrogen-bond acceptors (Lipinski definition) is 7. The van der Waals surface area contributed by atoms with Gasteiger partial charge in [0.05, 0.1) is 30.8 Å². The number of imide groups is 1. The van der Waals surface area contributed by atoms with Crippen LogP contribution < -0.4 is 10.2 Å². The lowest BCUT2D eigenvalue weighted by molar-refractivity contribution is -0.121. The largest absolute Gasteiger partial charge is 0.465 e. The zero-order valence-corrected chi connectivity index (χ0v) is 18.4. The minimum atomic E-state index is -0.489. The minimum absolute atomic E-state index is 0.162. The summed E-state index contributed by atoms with van der Waals surface area (Å²) in [6.07, 6.45) is 2.34. The number of thiophene rings is 1. The second-order valence-electron chi connectivity index (χ2n) is 8.07. The molecule has 2 aliphatic heterocycles. The summed E-state index contributed by atoms with van der Waals surface area (Å²) in [5.74, 6) is -0.396. The zero-order chi connectivity index (χ0) is 21.8. The Hall–Kier alpha value is -2.55. The summed E-state index contributed by atoms with van der Waals surface area (Å²) in [7, 11) is 1.31. The number of benzene rings is 1. The third-order valence-electron chi connectivity index (χ3n) is 6.01. The van der Waals surface area contributed by atoms with Crippen LogP contribution in [0.5, 0.6) is 0 Å². The Bertz CT molecular complexity index is 921. The van der Waals surface area contributed by atoms with Crippen molar-refractivity contribution in [3.63, 3.8) is 0 Å². The number of nitrogens with zero attached hydrogens (tertiary/aromatic N) is 2. The molecule has 31 heavy (non-hydrogen) atoms. The molecule has 8 heteroatoms. The summed E-state index contributed by atoms with van der Waals surface area (Å²) in [5, 5.41) is 5.44. The van der Waals surface area contributed by atoms with E-state index in [9.17, 15) is 14.4 Å². The van der Waals surface area contributed by atoms with Gasteiger partial charge in [-0.3, -0.25) is 14.5 Å². The number of amides is 2. The number of methoxy groups -OCH3 is 1. The number of esters is 1. The van der Waals surface area contributed by atoms with Gasteiger partial charge in [0, 0.05) is 11.4 Å². The Balaban J connectivity index is 1.27. The van der Waals surface area contributed by atoms with Crippen molar-refractivity contribution in [3.05, 3.63) is 52.2 Å². The minimum Gasteiger partial charge on any atom is -0.465 e. The van der Waals surface area contributed by atoms with Crippen LogP contribution in [-0.4, -0.2) is 55.5 Å². The van der Waals surface area contributed by atoms with E-state index in [4.69, 9.17) is 0 Å². The van der Waals surface area contributed by atoms with Gasteiger partial charge in [-0.1, -0.05) is 6.07 Å². The van der Waals surface area contributed by atoms with Crippen LogP contribution >= 0.6 is 11.3 Å². The van der Waals surface area contributed by atoms with Crippen LogP contribution in [0.3, 0.4) is 0 Å². The van der Waals surface area contributed by atoms with Gasteiger partial charge in [0.1, 0.15) is 0 Å². The Labute approximate surface area is 186 Å². The molecule has 2 fully saturated rings. The number of nitrogens with one attached hydrogen (secondary N) is 1. The van der Waals surface area contributed by atoms with Crippen LogP contribution in [0.4, 0.5) is 5.69 Å². The first kappa shape index (κ1) is 21.7. The highest BCUT2D eigenvalue weighted by Gasteiger charge is 2.39. The van der Waals surface area contributed by atoms with Gasteiger partial charge in [0.2, 0.25) is 5.91 Å². The van der Waals surface area contributed by atoms with Gasteiger partial charge >= 0.3 is 5.97 Å². The molecule has 0 saturated carbocycles. The van der Waals surface area contributed by atoms with E-state index < -0.39 is 12.0 Å². The fourth-order valence-corrected chi connectivity index (χ4v) is 4.95. The normalized spacial score (nSPS) is 20.4. The third kappa shape index (κ3) is 5.03. The molecule has 0 bridgehead atoms. The Morgan fingerprint density at radius 3 is 2.55 bits per heavy atom. The lowest BCUT2D eigenvalue weighted by Crippen LogP contribution is -2.43. The van der Waals surface area contributed by atoms with Gasteiger partial charge in [-0.25, -0.2) is 9.69 Å². The predicted octanol–water partition coefficient (Wildman–Crippen LogP) is 2.67. The van der Waals surface area contributed by atoms with Gasteiger partial charge in [-0.15, -0.1) is 11.3 Å². The fourth-order valence-electron chi connectivity index (χ4n) is 4.21. The average Bonchev–Trinajstić information content (AvgIpc) is 3.40. The molecule has 2 saturated heterocycles. The number of hydrogen-bond donors (Lipinski definition) is 1.